The first kappa shape index (κ1) is 16.2. The highest BCUT2D eigenvalue weighted by Gasteiger charge is 2.59. The van der Waals surface area contributed by atoms with Crippen molar-refractivity contribution in [2.45, 2.75) is 63.7 Å². The third-order valence-electron chi connectivity index (χ3n) is 6.51. The Labute approximate surface area is 142 Å². The zero-order valence-corrected chi connectivity index (χ0v) is 14.5. The van der Waals surface area contributed by atoms with Crippen LogP contribution in [0.1, 0.15) is 61.8 Å². The summed E-state index contributed by atoms with van der Waals surface area (Å²) in [5.41, 5.74) is -0.462. The van der Waals surface area contributed by atoms with Crippen LogP contribution >= 0.6 is 0 Å². The number of hydrogen-bond acceptors (Lipinski definition) is 4. The van der Waals surface area contributed by atoms with Crippen molar-refractivity contribution >= 4 is 5.91 Å². The van der Waals surface area contributed by atoms with Gasteiger partial charge in [-0.15, -0.1) is 0 Å². The van der Waals surface area contributed by atoms with Gasteiger partial charge in [-0.3, -0.25) is 4.79 Å². The van der Waals surface area contributed by atoms with Gasteiger partial charge < -0.3 is 19.6 Å². The number of ether oxygens (including phenoxy) is 1. The van der Waals surface area contributed by atoms with Crippen molar-refractivity contribution in [3.05, 3.63) is 23.7 Å². The van der Waals surface area contributed by atoms with E-state index < -0.39 is 5.60 Å². The molecule has 4 bridgehead atoms. The van der Waals surface area contributed by atoms with Gasteiger partial charge in [0.05, 0.1) is 5.60 Å². The second-order valence-electron chi connectivity index (χ2n) is 8.44. The van der Waals surface area contributed by atoms with Gasteiger partial charge in [0.15, 0.2) is 5.76 Å². The van der Waals surface area contributed by atoms with Crippen LogP contribution in [-0.4, -0.2) is 29.8 Å². The number of hydrogen-bond donors (Lipinski definition) is 2. The van der Waals surface area contributed by atoms with Crippen molar-refractivity contribution in [2.75, 3.05) is 7.11 Å². The average Bonchev–Trinajstić information content (AvgIpc) is 2.93. The minimum absolute atomic E-state index is 0.0381. The minimum Gasteiger partial charge on any atom is -0.453 e. The van der Waals surface area contributed by atoms with Crippen LogP contribution in [0.4, 0.5) is 0 Å². The van der Waals surface area contributed by atoms with E-state index in [0.717, 1.165) is 32.1 Å². The Morgan fingerprint density at radius 2 is 2.08 bits per heavy atom. The van der Waals surface area contributed by atoms with E-state index in [4.69, 9.17) is 9.15 Å². The van der Waals surface area contributed by atoms with Gasteiger partial charge >= 0.3 is 0 Å². The van der Waals surface area contributed by atoms with E-state index in [1.54, 1.807) is 19.2 Å². The molecule has 5 nitrogen and oxygen atoms in total. The summed E-state index contributed by atoms with van der Waals surface area (Å²) in [6.07, 6.45) is 6.22. The van der Waals surface area contributed by atoms with Crippen LogP contribution in [0.2, 0.25) is 0 Å². The minimum atomic E-state index is -0.501. The van der Waals surface area contributed by atoms with E-state index in [-0.39, 0.29) is 17.4 Å². The summed E-state index contributed by atoms with van der Waals surface area (Å²) in [7, 11) is 1.60. The molecule has 0 radical (unpaired) electrons. The number of methoxy groups -OCH3 is 1. The summed E-state index contributed by atoms with van der Waals surface area (Å²) >= 11 is 0. The number of rotatable bonds is 5. The van der Waals surface area contributed by atoms with Crippen molar-refractivity contribution < 1.29 is 19.1 Å². The fourth-order valence-corrected chi connectivity index (χ4v) is 5.93. The molecule has 0 spiro atoms. The van der Waals surface area contributed by atoms with Crippen molar-refractivity contribution in [1.82, 2.24) is 5.32 Å². The summed E-state index contributed by atoms with van der Waals surface area (Å²) < 4.78 is 10.6. The second kappa shape index (κ2) is 5.60. The SMILES string of the molecule is COCc1ccc(C(=O)N[C@H](C)C23C[C@@H]4C[C@H](CC(O)(C4)C2)C3)o1. The van der Waals surface area contributed by atoms with Crippen LogP contribution in [-0.2, 0) is 11.3 Å². The first-order valence-corrected chi connectivity index (χ1v) is 9.02. The molecule has 0 aromatic carbocycles. The average molecular weight is 333 g/mol. The van der Waals surface area contributed by atoms with Gasteiger partial charge in [0.2, 0.25) is 0 Å². The zero-order chi connectivity index (χ0) is 16.9. The van der Waals surface area contributed by atoms with Gasteiger partial charge in [0.25, 0.3) is 5.91 Å². The van der Waals surface area contributed by atoms with Crippen LogP contribution in [0.5, 0.6) is 0 Å². The highest BCUT2D eigenvalue weighted by molar-refractivity contribution is 5.91. The number of amides is 1. The second-order valence-corrected chi connectivity index (χ2v) is 8.44. The molecule has 1 aromatic rings. The highest BCUT2D eigenvalue weighted by Crippen LogP contribution is 2.62. The summed E-state index contributed by atoms with van der Waals surface area (Å²) in [4.78, 5) is 12.5. The van der Waals surface area contributed by atoms with Gasteiger partial charge in [0, 0.05) is 13.2 Å². The summed E-state index contributed by atoms with van der Waals surface area (Å²) in [5, 5.41) is 14.0. The Hall–Kier alpha value is -1.33. The van der Waals surface area contributed by atoms with E-state index in [1.807, 2.05) is 0 Å². The number of carbonyl (C=O) groups excluding carboxylic acids is 1. The Morgan fingerprint density at radius 3 is 2.71 bits per heavy atom. The third-order valence-corrected chi connectivity index (χ3v) is 6.51. The fourth-order valence-electron chi connectivity index (χ4n) is 5.93. The Kier molecular flexibility index (Phi) is 3.77. The molecular weight excluding hydrogens is 306 g/mol. The third kappa shape index (κ3) is 2.68. The smallest absolute Gasteiger partial charge is 0.287 e. The zero-order valence-electron chi connectivity index (χ0n) is 14.5. The van der Waals surface area contributed by atoms with Crippen LogP contribution in [0.25, 0.3) is 0 Å². The molecule has 132 valence electrons. The molecule has 0 aliphatic heterocycles. The number of furan rings is 1. The Bertz CT molecular complexity index is 623. The molecule has 5 heteroatoms. The molecule has 24 heavy (non-hydrogen) atoms. The van der Waals surface area contributed by atoms with Gasteiger partial charge in [-0.25, -0.2) is 0 Å². The molecule has 5 rings (SSSR count). The summed E-state index contributed by atoms with van der Waals surface area (Å²) in [6.45, 7) is 2.45. The maximum absolute atomic E-state index is 12.5. The molecule has 4 aliphatic rings. The van der Waals surface area contributed by atoms with Crippen molar-refractivity contribution in [2.24, 2.45) is 17.3 Å². The van der Waals surface area contributed by atoms with Crippen molar-refractivity contribution in [1.29, 1.82) is 0 Å². The van der Waals surface area contributed by atoms with Crippen molar-refractivity contribution in [3.63, 3.8) is 0 Å². The summed E-state index contributed by atoms with van der Waals surface area (Å²) in [6, 6.07) is 3.51. The van der Waals surface area contributed by atoms with Crippen LogP contribution in [0.3, 0.4) is 0 Å². The molecule has 0 saturated heterocycles. The lowest BCUT2D eigenvalue weighted by atomic mass is 9.46. The normalized spacial score (nSPS) is 38.3. The Balaban J connectivity index is 1.47. The lowest BCUT2D eigenvalue weighted by Crippen LogP contribution is -2.61. The molecule has 0 unspecified atom stereocenters. The predicted octanol–water partition coefficient (Wildman–Crippen LogP) is 2.88. The summed E-state index contributed by atoms with van der Waals surface area (Å²) in [5.74, 6) is 2.05. The molecule has 4 saturated carbocycles. The quantitative estimate of drug-likeness (QED) is 0.869. The van der Waals surface area contributed by atoms with E-state index in [0.29, 0.717) is 30.0 Å². The van der Waals surface area contributed by atoms with Gasteiger partial charge in [-0.05, 0) is 74.8 Å². The number of nitrogens with one attached hydrogen (secondary N) is 1. The molecule has 2 N–H and O–H groups in total. The van der Waals surface area contributed by atoms with E-state index in [2.05, 4.69) is 12.2 Å². The predicted molar refractivity (Wildman–Crippen MR) is 88.4 cm³/mol. The molecule has 3 atom stereocenters. The van der Waals surface area contributed by atoms with E-state index in [9.17, 15) is 9.90 Å². The molecule has 4 fully saturated rings. The largest absolute Gasteiger partial charge is 0.453 e. The number of aliphatic hydroxyl groups is 1. The van der Waals surface area contributed by atoms with E-state index in [1.165, 1.54) is 6.42 Å². The van der Waals surface area contributed by atoms with Crippen LogP contribution in [0, 0.1) is 17.3 Å². The molecular formula is C19H27NO4. The number of carbonyl (C=O) groups is 1. The van der Waals surface area contributed by atoms with Gasteiger partial charge in [0.1, 0.15) is 12.4 Å². The Morgan fingerprint density at radius 1 is 1.38 bits per heavy atom. The lowest BCUT2D eigenvalue weighted by Gasteiger charge is -2.62. The lowest BCUT2D eigenvalue weighted by molar-refractivity contribution is -0.171. The van der Waals surface area contributed by atoms with Gasteiger partial charge in [-0.1, -0.05) is 0 Å². The van der Waals surface area contributed by atoms with Crippen LogP contribution in [0.15, 0.2) is 16.5 Å². The molecule has 1 amide bonds. The van der Waals surface area contributed by atoms with Gasteiger partial charge in [-0.2, -0.15) is 0 Å². The standard InChI is InChI=1S/C19H27NO4/c1-12(20-17(21)16-4-3-15(24-16)10-23-2)18-6-13-5-14(7-18)9-19(22,8-13)11-18/h3-4,12-14,22H,5-11H2,1-2H3,(H,20,21)/t12-,13+,14+,18?,19?/m1/s1. The first-order valence-electron chi connectivity index (χ1n) is 9.02. The van der Waals surface area contributed by atoms with E-state index >= 15 is 0 Å². The molecule has 1 aromatic heterocycles. The monoisotopic (exact) mass is 333 g/mol. The fraction of sp³-hybridized carbons (Fsp3) is 0.737. The van der Waals surface area contributed by atoms with Crippen LogP contribution < -0.4 is 5.32 Å². The first-order chi connectivity index (χ1) is 11.4. The highest BCUT2D eigenvalue weighted by atomic mass is 16.5. The molecule has 1 heterocycles. The maximum Gasteiger partial charge on any atom is 0.287 e. The molecule has 4 aliphatic carbocycles. The maximum atomic E-state index is 12.5. The topological polar surface area (TPSA) is 71.7 Å². The van der Waals surface area contributed by atoms with Crippen molar-refractivity contribution in [3.8, 4) is 0 Å².